The molecular formula is C11H26Sn. The van der Waals surface area contributed by atoms with Gasteiger partial charge in [-0.3, -0.25) is 0 Å². The van der Waals surface area contributed by atoms with Crippen molar-refractivity contribution in [3.63, 3.8) is 0 Å². The average Bonchev–Trinajstić information content (AvgIpc) is 1.49. The molecule has 0 heterocycles. The van der Waals surface area contributed by atoms with Crippen molar-refractivity contribution in [3.8, 4) is 0 Å². The number of rotatable bonds is 2. The molecule has 0 aliphatic rings. The zero-order chi connectivity index (χ0) is 9.99. The third-order valence-electron chi connectivity index (χ3n) is 1.92. The predicted molar refractivity (Wildman–Crippen MR) is 61.5 cm³/mol. The number of hydrogen-bond acceptors (Lipinski definition) is 0. The van der Waals surface area contributed by atoms with E-state index in [1.165, 1.54) is 0 Å². The molecule has 0 nitrogen and oxygen atoms in total. The summed E-state index contributed by atoms with van der Waals surface area (Å²) >= 11 is -1.12. The van der Waals surface area contributed by atoms with Crippen LogP contribution in [0.4, 0.5) is 0 Å². The van der Waals surface area contributed by atoms with Crippen LogP contribution in [0.2, 0.25) is 13.8 Å². The summed E-state index contributed by atoms with van der Waals surface area (Å²) in [6, 6.07) is 0. The molecule has 0 aromatic carbocycles. The molecule has 74 valence electrons. The van der Waals surface area contributed by atoms with Crippen molar-refractivity contribution in [2.75, 3.05) is 0 Å². The molecule has 0 N–H and O–H groups in total. The summed E-state index contributed by atoms with van der Waals surface area (Å²) < 4.78 is 3.10. The van der Waals surface area contributed by atoms with Crippen molar-refractivity contribution >= 4 is 19.8 Å². The van der Waals surface area contributed by atoms with Crippen molar-refractivity contribution < 1.29 is 0 Å². The van der Waals surface area contributed by atoms with Crippen molar-refractivity contribution in [3.05, 3.63) is 0 Å². The van der Waals surface area contributed by atoms with E-state index in [4.69, 9.17) is 0 Å². The van der Waals surface area contributed by atoms with Gasteiger partial charge in [-0.25, -0.2) is 0 Å². The summed E-state index contributed by atoms with van der Waals surface area (Å²) in [5.74, 6) is 0. The Morgan fingerprint density at radius 1 is 0.750 bits per heavy atom. The van der Waals surface area contributed by atoms with Crippen molar-refractivity contribution in [2.45, 2.75) is 55.4 Å². The summed E-state index contributed by atoms with van der Waals surface area (Å²) in [5, 5.41) is 0. The molecule has 0 aliphatic heterocycles. The topological polar surface area (TPSA) is 0 Å². The fraction of sp³-hybridized carbons (Fsp3) is 1.00. The molecule has 0 saturated heterocycles. The third kappa shape index (κ3) is 8.89. The molecule has 0 atom stereocenters. The minimum atomic E-state index is -1.12. The van der Waals surface area contributed by atoms with Crippen LogP contribution in [0.15, 0.2) is 0 Å². The van der Waals surface area contributed by atoms with Crippen LogP contribution in [0.1, 0.15) is 41.5 Å². The molecular weight excluding hydrogens is 251 g/mol. The quantitative estimate of drug-likeness (QED) is 0.671. The van der Waals surface area contributed by atoms with Gasteiger partial charge in [0.1, 0.15) is 0 Å². The molecule has 0 bridgehead atoms. The Morgan fingerprint density at radius 2 is 1.00 bits per heavy atom. The first-order valence-electron chi connectivity index (χ1n) is 5.10. The van der Waals surface area contributed by atoms with E-state index in [0.717, 1.165) is 0 Å². The molecule has 0 aromatic rings. The van der Waals surface area contributed by atoms with E-state index in [9.17, 15) is 0 Å². The van der Waals surface area contributed by atoms with E-state index in [0.29, 0.717) is 10.8 Å². The van der Waals surface area contributed by atoms with Crippen molar-refractivity contribution in [1.82, 2.24) is 0 Å². The van der Waals surface area contributed by atoms with Gasteiger partial charge in [0.05, 0.1) is 0 Å². The molecule has 12 heavy (non-hydrogen) atoms. The maximum atomic E-state index is 2.58. The summed E-state index contributed by atoms with van der Waals surface area (Å²) in [7, 11) is 0. The molecule has 1 heteroatoms. The Bertz CT molecular complexity index is 109. The predicted octanol–water partition coefficient (Wildman–Crippen LogP) is 3.94. The molecule has 0 aliphatic carbocycles. The maximum absolute atomic E-state index is 2.58. The summed E-state index contributed by atoms with van der Waals surface area (Å²) in [5.41, 5.74) is 1.17. The first kappa shape index (κ1) is 12.8. The second-order valence-electron chi connectivity index (χ2n) is 6.63. The Kier molecular flexibility index (Phi) is 4.63. The first-order chi connectivity index (χ1) is 5.10. The van der Waals surface area contributed by atoms with E-state index in [1.807, 2.05) is 0 Å². The Balaban J connectivity index is 3.83. The van der Waals surface area contributed by atoms with Gasteiger partial charge in [0.15, 0.2) is 0 Å². The third-order valence-corrected chi connectivity index (χ3v) is 12.9. The second kappa shape index (κ2) is 4.34. The van der Waals surface area contributed by atoms with E-state index in [-0.39, 0.29) is 0 Å². The molecule has 0 amide bonds. The van der Waals surface area contributed by atoms with Crippen LogP contribution in [-0.2, 0) is 0 Å². The fourth-order valence-electron chi connectivity index (χ4n) is 2.16. The Morgan fingerprint density at radius 3 is 1.17 bits per heavy atom. The first-order valence-corrected chi connectivity index (χ1v) is 13.1. The van der Waals surface area contributed by atoms with E-state index >= 15 is 0 Å². The van der Waals surface area contributed by atoms with Crippen LogP contribution >= 0.6 is 0 Å². The van der Waals surface area contributed by atoms with Crippen molar-refractivity contribution in [2.24, 2.45) is 10.8 Å². The molecule has 0 rings (SSSR count). The van der Waals surface area contributed by atoms with Crippen LogP contribution in [0.3, 0.4) is 0 Å². The second-order valence-corrected chi connectivity index (χ2v) is 15.3. The van der Waals surface area contributed by atoms with Gasteiger partial charge in [0, 0.05) is 0 Å². The van der Waals surface area contributed by atoms with Gasteiger partial charge < -0.3 is 0 Å². The van der Waals surface area contributed by atoms with E-state index < -0.39 is 19.8 Å². The zero-order valence-corrected chi connectivity index (χ0v) is 13.3. The Hall–Kier alpha value is 0.799. The van der Waals surface area contributed by atoms with Gasteiger partial charge in [-0.15, -0.1) is 0 Å². The van der Waals surface area contributed by atoms with E-state index in [2.05, 4.69) is 46.5 Å². The molecule has 0 aromatic heterocycles. The Labute approximate surface area is 85.9 Å². The van der Waals surface area contributed by atoms with Crippen LogP contribution < -0.4 is 0 Å². The minimum absolute atomic E-state index is 0.584. The van der Waals surface area contributed by atoms with Gasteiger partial charge in [-0.2, -0.15) is 0 Å². The average molecular weight is 277 g/mol. The summed E-state index contributed by atoms with van der Waals surface area (Å²) in [6.45, 7) is 14.3. The summed E-state index contributed by atoms with van der Waals surface area (Å²) in [4.78, 5) is 2.58. The summed E-state index contributed by atoms with van der Waals surface area (Å²) in [6.07, 6.45) is 0. The van der Waals surface area contributed by atoms with E-state index in [1.54, 1.807) is 8.87 Å². The van der Waals surface area contributed by atoms with Gasteiger partial charge in [0.25, 0.3) is 0 Å². The van der Waals surface area contributed by atoms with Gasteiger partial charge in [-0.1, -0.05) is 0 Å². The monoisotopic (exact) mass is 278 g/mol. The van der Waals surface area contributed by atoms with Gasteiger partial charge in [0.2, 0.25) is 0 Å². The van der Waals surface area contributed by atoms with Crippen molar-refractivity contribution in [1.29, 1.82) is 0 Å². The number of hydrogen-bond donors (Lipinski definition) is 0. The molecule has 0 unspecified atom stereocenters. The van der Waals surface area contributed by atoms with Crippen LogP contribution in [0.25, 0.3) is 0 Å². The molecule has 0 radical (unpaired) electrons. The molecule has 0 spiro atoms. The zero-order valence-electron chi connectivity index (χ0n) is 9.99. The SMILES string of the molecule is [CH3][SnH]([CH2]C(C)(C)C)[CH2]C(C)(C)C. The standard InChI is InChI=1S/2C5H11.CH3.Sn.H/c2*1-5(2,3)4;;;/h2*1H2,2-4H3;1H3;;. The van der Waals surface area contributed by atoms with Crippen LogP contribution in [0, 0.1) is 10.8 Å². The molecule has 0 saturated carbocycles. The molecule has 0 fully saturated rings. The van der Waals surface area contributed by atoms with Crippen LogP contribution in [0.5, 0.6) is 0 Å². The van der Waals surface area contributed by atoms with Gasteiger partial charge in [-0.05, 0) is 0 Å². The normalized spacial score (nSPS) is 14.0. The van der Waals surface area contributed by atoms with Crippen LogP contribution in [-0.4, -0.2) is 19.8 Å². The fourth-order valence-corrected chi connectivity index (χ4v) is 14.5. The van der Waals surface area contributed by atoms with Gasteiger partial charge >= 0.3 is 85.9 Å².